The van der Waals surface area contributed by atoms with Gasteiger partial charge in [-0.2, -0.15) is 23.4 Å². The van der Waals surface area contributed by atoms with Gasteiger partial charge in [0.2, 0.25) is 0 Å². The van der Waals surface area contributed by atoms with Gasteiger partial charge in [0.1, 0.15) is 11.4 Å². The van der Waals surface area contributed by atoms with Crippen molar-refractivity contribution < 1.29 is 18.0 Å². The van der Waals surface area contributed by atoms with E-state index in [9.17, 15) is 18.0 Å². The highest BCUT2D eigenvalue weighted by Crippen LogP contribution is 2.30. The Morgan fingerprint density at radius 2 is 1.83 bits per heavy atom. The van der Waals surface area contributed by atoms with Crippen LogP contribution in [0.3, 0.4) is 0 Å². The number of carbonyl (C=O) groups excluding carboxylic acids is 1. The summed E-state index contributed by atoms with van der Waals surface area (Å²) in [5.74, 6) is -0.818. The average Bonchev–Trinajstić information content (AvgIpc) is 2.99. The Labute approximate surface area is 134 Å². The summed E-state index contributed by atoms with van der Waals surface area (Å²) in [6, 6.07) is 3.98. The lowest BCUT2D eigenvalue weighted by atomic mass is 10.3. The molecule has 24 heavy (non-hydrogen) atoms. The highest BCUT2D eigenvalue weighted by atomic mass is 19.4. The fourth-order valence-corrected chi connectivity index (χ4v) is 2.35. The SMILES string of the molecule is Cc1cc(C(=O)Nc2cc(C(F)(F)F)n(C)n2)n2nc(C)cc2n1. The molecule has 7 nitrogen and oxygen atoms in total. The van der Waals surface area contributed by atoms with Crippen LogP contribution < -0.4 is 5.32 Å². The van der Waals surface area contributed by atoms with E-state index in [2.05, 4.69) is 20.5 Å². The molecule has 0 fully saturated rings. The van der Waals surface area contributed by atoms with Crippen molar-refractivity contribution in [3.63, 3.8) is 0 Å². The number of hydrogen-bond donors (Lipinski definition) is 1. The first kappa shape index (κ1) is 16.0. The molecular weight excluding hydrogens is 325 g/mol. The van der Waals surface area contributed by atoms with Gasteiger partial charge in [-0.25, -0.2) is 9.50 Å². The highest BCUT2D eigenvalue weighted by Gasteiger charge is 2.35. The van der Waals surface area contributed by atoms with Crippen molar-refractivity contribution >= 4 is 17.4 Å². The predicted molar refractivity (Wildman–Crippen MR) is 78.6 cm³/mol. The van der Waals surface area contributed by atoms with Crippen molar-refractivity contribution in [2.75, 3.05) is 5.32 Å². The van der Waals surface area contributed by atoms with Gasteiger partial charge in [-0.05, 0) is 19.9 Å². The minimum atomic E-state index is -4.55. The molecule has 0 saturated heterocycles. The number of hydrogen-bond acceptors (Lipinski definition) is 4. The van der Waals surface area contributed by atoms with E-state index in [1.165, 1.54) is 10.6 Å². The third-order valence-corrected chi connectivity index (χ3v) is 3.32. The molecule has 0 atom stereocenters. The summed E-state index contributed by atoms with van der Waals surface area (Å²) in [4.78, 5) is 16.7. The Morgan fingerprint density at radius 1 is 1.12 bits per heavy atom. The average molecular weight is 338 g/mol. The standard InChI is InChI=1S/C14H13F3N6O/c1-7-4-9(23-12(18-7)5-8(2)20-23)13(24)19-11-6-10(14(15,16)17)22(3)21-11/h4-6H,1-3H3,(H,19,21,24). The number of aryl methyl sites for hydroxylation is 3. The van der Waals surface area contributed by atoms with Gasteiger partial charge in [0, 0.05) is 24.9 Å². The molecule has 3 heterocycles. The molecule has 0 aliphatic carbocycles. The normalized spacial score (nSPS) is 11.9. The van der Waals surface area contributed by atoms with Crippen molar-refractivity contribution in [1.29, 1.82) is 0 Å². The van der Waals surface area contributed by atoms with Crippen molar-refractivity contribution in [2.24, 2.45) is 7.05 Å². The zero-order valence-electron chi connectivity index (χ0n) is 13.0. The lowest BCUT2D eigenvalue weighted by Gasteiger charge is -2.05. The van der Waals surface area contributed by atoms with Gasteiger partial charge < -0.3 is 5.32 Å². The maximum absolute atomic E-state index is 12.8. The monoisotopic (exact) mass is 338 g/mol. The molecule has 3 rings (SSSR count). The number of nitrogens with zero attached hydrogens (tertiary/aromatic N) is 5. The second-order valence-corrected chi connectivity index (χ2v) is 5.33. The van der Waals surface area contributed by atoms with Crippen molar-refractivity contribution in [3.05, 3.63) is 41.0 Å². The number of carbonyl (C=O) groups is 1. The number of halogens is 3. The van der Waals surface area contributed by atoms with Crippen molar-refractivity contribution in [3.8, 4) is 0 Å². The molecular formula is C14H13F3N6O. The van der Waals surface area contributed by atoms with Crippen LogP contribution in [0.5, 0.6) is 0 Å². The Balaban J connectivity index is 1.96. The zero-order chi connectivity index (χ0) is 17.6. The van der Waals surface area contributed by atoms with E-state index in [0.29, 0.717) is 21.7 Å². The number of fused-ring (bicyclic) bond motifs is 1. The molecule has 126 valence electrons. The first-order chi connectivity index (χ1) is 11.1. The molecule has 0 spiro atoms. The number of amides is 1. The summed E-state index contributed by atoms with van der Waals surface area (Å²) < 4.78 is 40.4. The quantitative estimate of drug-likeness (QED) is 0.778. The molecule has 0 unspecified atom stereocenters. The molecule has 0 aliphatic heterocycles. The maximum atomic E-state index is 12.8. The van der Waals surface area contributed by atoms with E-state index in [-0.39, 0.29) is 11.5 Å². The first-order valence-corrected chi connectivity index (χ1v) is 6.92. The number of rotatable bonds is 2. The summed E-state index contributed by atoms with van der Waals surface area (Å²) in [6.45, 7) is 3.46. The second kappa shape index (κ2) is 5.32. The van der Waals surface area contributed by atoms with Gasteiger partial charge in [-0.15, -0.1) is 0 Å². The lowest BCUT2D eigenvalue weighted by Crippen LogP contribution is -2.18. The fourth-order valence-electron chi connectivity index (χ4n) is 2.35. The minimum Gasteiger partial charge on any atom is -0.304 e. The summed E-state index contributed by atoms with van der Waals surface area (Å²) in [5, 5.41) is 10.2. The zero-order valence-corrected chi connectivity index (χ0v) is 13.0. The summed E-state index contributed by atoms with van der Waals surface area (Å²) in [5.41, 5.74) is 0.937. The second-order valence-electron chi connectivity index (χ2n) is 5.33. The Kier molecular flexibility index (Phi) is 3.54. The summed E-state index contributed by atoms with van der Waals surface area (Å²) in [6.07, 6.45) is -4.55. The Hall–Kier alpha value is -2.91. The van der Waals surface area contributed by atoms with E-state index in [4.69, 9.17) is 0 Å². The van der Waals surface area contributed by atoms with Crippen LogP contribution in [0, 0.1) is 13.8 Å². The summed E-state index contributed by atoms with van der Waals surface area (Å²) >= 11 is 0. The van der Waals surface area contributed by atoms with E-state index in [1.807, 2.05) is 0 Å². The predicted octanol–water partition coefficient (Wildman–Crippen LogP) is 2.35. The van der Waals surface area contributed by atoms with Crippen molar-refractivity contribution in [2.45, 2.75) is 20.0 Å². The smallest absolute Gasteiger partial charge is 0.304 e. The molecule has 1 amide bonds. The van der Waals surface area contributed by atoms with Crippen LogP contribution >= 0.6 is 0 Å². The topological polar surface area (TPSA) is 77.1 Å². The fraction of sp³-hybridized carbons (Fsp3) is 0.286. The van der Waals surface area contributed by atoms with Crippen LogP contribution in [0.4, 0.5) is 19.0 Å². The van der Waals surface area contributed by atoms with E-state index >= 15 is 0 Å². The molecule has 0 saturated carbocycles. The van der Waals surface area contributed by atoms with Crippen LogP contribution in [-0.4, -0.2) is 30.3 Å². The van der Waals surface area contributed by atoms with Gasteiger partial charge in [0.15, 0.2) is 11.5 Å². The van der Waals surface area contributed by atoms with E-state index < -0.39 is 17.8 Å². The largest absolute Gasteiger partial charge is 0.433 e. The Bertz CT molecular complexity index is 940. The lowest BCUT2D eigenvalue weighted by molar-refractivity contribution is -0.143. The molecule has 0 radical (unpaired) electrons. The number of alkyl halides is 3. The van der Waals surface area contributed by atoms with Gasteiger partial charge in [-0.1, -0.05) is 0 Å². The number of nitrogens with one attached hydrogen (secondary N) is 1. The molecule has 1 N–H and O–H groups in total. The highest BCUT2D eigenvalue weighted by molar-refractivity contribution is 6.02. The van der Waals surface area contributed by atoms with E-state index in [0.717, 1.165) is 13.1 Å². The number of anilines is 1. The minimum absolute atomic E-state index is 0.157. The van der Waals surface area contributed by atoms with Crippen LogP contribution in [0.2, 0.25) is 0 Å². The summed E-state index contributed by atoms with van der Waals surface area (Å²) in [7, 11) is 1.16. The molecule has 0 aliphatic rings. The Morgan fingerprint density at radius 3 is 2.46 bits per heavy atom. The van der Waals surface area contributed by atoms with Gasteiger partial charge in [-0.3, -0.25) is 9.48 Å². The first-order valence-electron chi connectivity index (χ1n) is 6.92. The van der Waals surface area contributed by atoms with Crippen LogP contribution in [0.25, 0.3) is 5.65 Å². The van der Waals surface area contributed by atoms with Gasteiger partial charge >= 0.3 is 6.18 Å². The van der Waals surface area contributed by atoms with Crippen molar-refractivity contribution in [1.82, 2.24) is 24.4 Å². The van der Waals surface area contributed by atoms with Gasteiger partial charge in [0.05, 0.1) is 5.69 Å². The molecule has 3 aromatic rings. The molecule has 0 bridgehead atoms. The number of aromatic nitrogens is 5. The van der Waals surface area contributed by atoms with E-state index in [1.54, 1.807) is 19.9 Å². The molecule has 3 aromatic heterocycles. The van der Waals surface area contributed by atoms with Crippen LogP contribution in [0.15, 0.2) is 18.2 Å². The molecule has 0 aromatic carbocycles. The molecule has 10 heteroatoms. The third-order valence-electron chi connectivity index (χ3n) is 3.32. The van der Waals surface area contributed by atoms with Crippen LogP contribution in [0.1, 0.15) is 27.6 Å². The van der Waals surface area contributed by atoms with Gasteiger partial charge in [0.25, 0.3) is 5.91 Å². The third kappa shape index (κ3) is 2.82. The van der Waals surface area contributed by atoms with Crippen LogP contribution in [-0.2, 0) is 13.2 Å². The maximum Gasteiger partial charge on any atom is 0.433 e.